The SMILES string of the molecule is O=C1c2cc(-c3cc(NCC(F)(F)F)ncc3Cl)cn2CCN1Cc1cc(F)ccc1CO. The smallest absolute Gasteiger partial charge is 0.392 e. The van der Waals surface area contributed by atoms with E-state index >= 15 is 0 Å². The second kappa shape index (κ2) is 9.03. The van der Waals surface area contributed by atoms with E-state index in [0.717, 1.165) is 0 Å². The molecule has 33 heavy (non-hydrogen) atoms. The third-order valence-electron chi connectivity index (χ3n) is 5.35. The number of nitrogens with zero attached hydrogens (tertiary/aromatic N) is 3. The zero-order valence-corrected chi connectivity index (χ0v) is 17.9. The number of aromatic nitrogens is 2. The van der Waals surface area contributed by atoms with Crippen LogP contribution in [0, 0.1) is 5.82 Å². The van der Waals surface area contributed by atoms with Gasteiger partial charge in [0.1, 0.15) is 23.9 Å². The first kappa shape index (κ1) is 23.1. The molecule has 1 aliphatic rings. The number of aliphatic hydroxyl groups is 1. The number of amides is 1. The number of anilines is 1. The molecule has 1 amide bonds. The predicted octanol–water partition coefficient (Wildman–Crippen LogP) is 4.47. The zero-order valence-electron chi connectivity index (χ0n) is 17.2. The maximum atomic E-state index is 13.7. The third-order valence-corrected chi connectivity index (χ3v) is 5.65. The fourth-order valence-corrected chi connectivity index (χ4v) is 3.93. The molecule has 0 atom stereocenters. The molecule has 174 valence electrons. The third kappa shape index (κ3) is 5.12. The first-order valence-electron chi connectivity index (χ1n) is 9.99. The highest BCUT2D eigenvalue weighted by molar-refractivity contribution is 6.33. The van der Waals surface area contributed by atoms with E-state index in [9.17, 15) is 27.5 Å². The first-order chi connectivity index (χ1) is 15.6. The molecule has 3 heterocycles. The van der Waals surface area contributed by atoms with Crippen LogP contribution in [0.5, 0.6) is 0 Å². The van der Waals surface area contributed by atoms with Gasteiger partial charge in [-0.2, -0.15) is 13.2 Å². The number of nitrogens with one attached hydrogen (secondary N) is 1. The van der Waals surface area contributed by atoms with Crippen LogP contribution in [-0.4, -0.2) is 44.7 Å². The standard InChI is InChI=1S/C22H19ClF4N4O2/c23-18-8-28-20(29-12-22(25,26)27)7-17(18)15-6-19-21(33)31(4-3-30(19)10-15)9-14-5-16(24)2-1-13(14)11-32/h1-2,5-8,10,32H,3-4,9,11-12H2,(H,28,29). The van der Waals surface area contributed by atoms with Crippen LogP contribution in [0.25, 0.3) is 11.1 Å². The van der Waals surface area contributed by atoms with Gasteiger partial charge in [0.2, 0.25) is 0 Å². The summed E-state index contributed by atoms with van der Waals surface area (Å²) in [6.45, 7) is -0.550. The van der Waals surface area contributed by atoms with Crippen molar-refractivity contribution < 1.29 is 27.5 Å². The Morgan fingerprint density at radius 2 is 1.94 bits per heavy atom. The Morgan fingerprint density at radius 3 is 2.67 bits per heavy atom. The molecule has 3 aromatic rings. The van der Waals surface area contributed by atoms with Crippen LogP contribution in [0.3, 0.4) is 0 Å². The highest BCUT2D eigenvalue weighted by Gasteiger charge is 2.28. The Hall–Kier alpha value is -3.11. The van der Waals surface area contributed by atoms with Crippen molar-refractivity contribution in [3.63, 3.8) is 0 Å². The van der Waals surface area contributed by atoms with Gasteiger partial charge in [-0.05, 0) is 35.4 Å². The fraction of sp³-hybridized carbons (Fsp3) is 0.273. The van der Waals surface area contributed by atoms with Crippen LogP contribution in [0.4, 0.5) is 23.4 Å². The lowest BCUT2D eigenvalue weighted by Gasteiger charge is -2.29. The van der Waals surface area contributed by atoms with Crippen molar-refractivity contribution in [2.45, 2.75) is 25.9 Å². The highest BCUT2D eigenvalue weighted by atomic mass is 35.5. The van der Waals surface area contributed by atoms with Crippen LogP contribution in [0.1, 0.15) is 21.6 Å². The summed E-state index contributed by atoms with van der Waals surface area (Å²) in [4.78, 5) is 18.5. The Morgan fingerprint density at radius 1 is 1.15 bits per heavy atom. The van der Waals surface area contributed by atoms with E-state index in [1.807, 2.05) is 0 Å². The Labute approximate surface area is 191 Å². The molecule has 0 unspecified atom stereocenters. The average Bonchev–Trinajstić information content (AvgIpc) is 3.20. The first-order valence-corrected chi connectivity index (χ1v) is 10.4. The minimum absolute atomic E-state index is 0.00601. The topological polar surface area (TPSA) is 70.4 Å². The van der Waals surface area contributed by atoms with Crippen molar-refractivity contribution in [2.24, 2.45) is 0 Å². The van der Waals surface area contributed by atoms with Crippen molar-refractivity contribution in [2.75, 3.05) is 18.4 Å². The maximum Gasteiger partial charge on any atom is 0.405 e. The summed E-state index contributed by atoms with van der Waals surface area (Å²) in [7, 11) is 0. The molecule has 2 aromatic heterocycles. The zero-order chi connectivity index (χ0) is 23.8. The molecule has 4 rings (SSSR count). The van der Waals surface area contributed by atoms with Crippen LogP contribution >= 0.6 is 11.6 Å². The fourth-order valence-electron chi connectivity index (χ4n) is 3.71. The number of hydrogen-bond donors (Lipinski definition) is 2. The minimum atomic E-state index is -4.40. The second-order valence-electron chi connectivity index (χ2n) is 7.62. The molecular weight excluding hydrogens is 464 g/mol. The van der Waals surface area contributed by atoms with E-state index < -0.39 is 18.5 Å². The summed E-state index contributed by atoms with van der Waals surface area (Å²) in [6, 6.07) is 7.04. The summed E-state index contributed by atoms with van der Waals surface area (Å²) >= 11 is 6.23. The van der Waals surface area contributed by atoms with E-state index in [4.69, 9.17) is 11.6 Å². The number of halogens is 5. The van der Waals surface area contributed by atoms with Gasteiger partial charge in [-0.1, -0.05) is 17.7 Å². The Kier molecular flexibility index (Phi) is 6.31. The number of fused-ring (bicyclic) bond motifs is 1. The number of carbonyl (C=O) groups excluding carboxylic acids is 1. The van der Waals surface area contributed by atoms with Crippen molar-refractivity contribution in [3.8, 4) is 11.1 Å². The lowest BCUT2D eigenvalue weighted by molar-refractivity contribution is -0.115. The second-order valence-corrected chi connectivity index (χ2v) is 8.03. The van der Waals surface area contributed by atoms with Crippen molar-refractivity contribution >= 4 is 23.3 Å². The number of rotatable bonds is 6. The highest BCUT2D eigenvalue weighted by Crippen LogP contribution is 2.32. The van der Waals surface area contributed by atoms with E-state index in [2.05, 4.69) is 10.3 Å². The minimum Gasteiger partial charge on any atom is -0.392 e. The number of alkyl halides is 3. The summed E-state index contributed by atoms with van der Waals surface area (Å²) < 4.78 is 52.9. The van der Waals surface area contributed by atoms with Gasteiger partial charge in [0.25, 0.3) is 5.91 Å². The lowest BCUT2D eigenvalue weighted by Crippen LogP contribution is -2.39. The molecule has 0 aliphatic carbocycles. The molecule has 11 heteroatoms. The molecule has 0 fully saturated rings. The number of hydrogen-bond acceptors (Lipinski definition) is 4. The lowest BCUT2D eigenvalue weighted by atomic mass is 10.1. The summed E-state index contributed by atoms with van der Waals surface area (Å²) in [6.07, 6.45) is -1.44. The molecule has 0 spiro atoms. The van der Waals surface area contributed by atoms with Gasteiger partial charge in [0, 0.05) is 43.2 Å². The van der Waals surface area contributed by atoms with Crippen LogP contribution in [-0.2, 0) is 19.7 Å². The number of pyridine rings is 1. The van der Waals surface area contributed by atoms with E-state index in [1.165, 1.54) is 30.5 Å². The molecule has 0 saturated heterocycles. The molecule has 0 bridgehead atoms. The molecule has 6 nitrogen and oxygen atoms in total. The summed E-state index contributed by atoms with van der Waals surface area (Å²) in [5.41, 5.74) is 2.42. The maximum absolute atomic E-state index is 13.7. The van der Waals surface area contributed by atoms with Gasteiger partial charge >= 0.3 is 6.18 Å². The largest absolute Gasteiger partial charge is 0.405 e. The van der Waals surface area contributed by atoms with E-state index in [1.54, 1.807) is 21.7 Å². The van der Waals surface area contributed by atoms with Crippen molar-refractivity contribution in [1.29, 1.82) is 0 Å². The van der Waals surface area contributed by atoms with Gasteiger partial charge in [0.05, 0.1) is 11.6 Å². The van der Waals surface area contributed by atoms with Gasteiger partial charge in [0.15, 0.2) is 0 Å². The Balaban J connectivity index is 1.58. The van der Waals surface area contributed by atoms with Gasteiger partial charge in [-0.25, -0.2) is 9.37 Å². The van der Waals surface area contributed by atoms with Crippen molar-refractivity contribution in [3.05, 3.63) is 70.4 Å². The molecular formula is C22H19ClF4N4O2. The quantitative estimate of drug-likeness (QED) is 0.509. The average molecular weight is 483 g/mol. The molecule has 0 saturated carbocycles. The van der Waals surface area contributed by atoms with Crippen LogP contribution in [0.15, 0.2) is 42.7 Å². The van der Waals surface area contributed by atoms with Gasteiger partial charge < -0.3 is 19.9 Å². The van der Waals surface area contributed by atoms with Crippen LogP contribution < -0.4 is 5.32 Å². The normalized spacial score (nSPS) is 13.9. The molecule has 1 aliphatic heterocycles. The van der Waals surface area contributed by atoms with Gasteiger partial charge in [-0.15, -0.1) is 0 Å². The Bertz CT molecular complexity index is 1200. The van der Waals surface area contributed by atoms with Crippen molar-refractivity contribution in [1.82, 2.24) is 14.5 Å². The number of benzene rings is 1. The predicted molar refractivity (Wildman–Crippen MR) is 114 cm³/mol. The van der Waals surface area contributed by atoms with E-state index in [-0.39, 0.29) is 29.9 Å². The molecule has 2 N–H and O–H groups in total. The molecule has 1 aromatic carbocycles. The van der Waals surface area contributed by atoms with Crippen LogP contribution in [0.2, 0.25) is 5.02 Å². The summed E-state index contributed by atoms with van der Waals surface area (Å²) in [5, 5.41) is 12.0. The molecule has 0 radical (unpaired) electrons. The monoisotopic (exact) mass is 482 g/mol. The van der Waals surface area contributed by atoms with Gasteiger partial charge in [-0.3, -0.25) is 4.79 Å². The number of aliphatic hydroxyl groups excluding tert-OH is 1. The summed E-state index contributed by atoms with van der Waals surface area (Å²) in [5.74, 6) is -0.743. The number of carbonyl (C=O) groups is 1. The van der Waals surface area contributed by atoms with E-state index in [0.29, 0.717) is 41.0 Å².